The molecule has 3 aromatic rings. The van der Waals surface area contributed by atoms with Gasteiger partial charge in [-0.05, 0) is 38.4 Å². The van der Waals surface area contributed by atoms with Gasteiger partial charge >= 0.3 is 0 Å². The fraction of sp³-hybridized carbons (Fsp3) is 0.438. The van der Waals surface area contributed by atoms with Crippen molar-refractivity contribution >= 4 is 11.0 Å². The van der Waals surface area contributed by atoms with Gasteiger partial charge in [0.1, 0.15) is 0 Å². The van der Waals surface area contributed by atoms with Gasteiger partial charge in [-0.3, -0.25) is 10.00 Å². The molecule has 0 spiro atoms. The Bertz CT molecular complexity index is 774. The molecule has 1 saturated heterocycles. The lowest BCUT2D eigenvalue weighted by Crippen LogP contribution is -2.34. The standard InChI is InChI=1S/C16H20N6/c1-11-15(18-10-17-11)9-22-6-2-3-13(8-22)14-5-4-12-7-19-21-16(12)20-14/h4-5,7,10,13H,2-3,6,8-9H2,1H3,(H,17,18)(H,19,20,21)/t13-/m0/s1. The Morgan fingerprint density at radius 2 is 2.32 bits per heavy atom. The summed E-state index contributed by atoms with van der Waals surface area (Å²) in [4.78, 5) is 14.8. The molecule has 6 heteroatoms. The fourth-order valence-electron chi connectivity index (χ4n) is 3.27. The van der Waals surface area contributed by atoms with Gasteiger partial charge in [0.15, 0.2) is 5.65 Å². The Balaban J connectivity index is 1.51. The zero-order valence-electron chi connectivity index (χ0n) is 12.7. The molecule has 2 N–H and O–H groups in total. The number of piperidine rings is 1. The van der Waals surface area contributed by atoms with Gasteiger partial charge in [-0.2, -0.15) is 5.10 Å². The molecule has 0 aliphatic carbocycles. The maximum absolute atomic E-state index is 4.74. The Morgan fingerprint density at radius 3 is 3.18 bits per heavy atom. The zero-order valence-corrected chi connectivity index (χ0v) is 12.7. The smallest absolute Gasteiger partial charge is 0.155 e. The first-order valence-corrected chi connectivity index (χ1v) is 7.81. The molecule has 22 heavy (non-hydrogen) atoms. The molecule has 1 fully saturated rings. The molecule has 0 bridgehead atoms. The number of nitrogens with one attached hydrogen (secondary N) is 2. The number of hydrogen-bond acceptors (Lipinski definition) is 4. The third kappa shape index (κ3) is 2.50. The summed E-state index contributed by atoms with van der Waals surface area (Å²) in [7, 11) is 0. The van der Waals surface area contributed by atoms with Crippen molar-refractivity contribution in [2.24, 2.45) is 0 Å². The normalized spacial score (nSPS) is 19.8. The summed E-state index contributed by atoms with van der Waals surface area (Å²) in [5.74, 6) is 0.487. The second-order valence-corrected chi connectivity index (χ2v) is 6.09. The molecular weight excluding hydrogens is 276 g/mol. The van der Waals surface area contributed by atoms with Crippen LogP contribution in [0.25, 0.3) is 11.0 Å². The van der Waals surface area contributed by atoms with Crippen molar-refractivity contribution < 1.29 is 0 Å². The SMILES string of the molecule is Cc1[nH]cnc1CN1CCC[C@H](c2ccc3cn[nH]c3n2)C1. The van der Waals surface area contributed by atoms with Gasteiger partial charge in [0.2, 0.25) is 0 Å². The monoisotopic (exact) mass is 296 g/mol. The second kappa shape index (κ2) is 5.53. The summed E-state index contributed by atoms with van der Waals surface area (Å²) in [6.07, 6.45) is 6.00. The molecule has 4 rings (SSSR count). The maximum Gasteiger partial charge on any atom is 0.155 e. The van der Waals surface area contributed by atoms with Gasteiger partial charge in [-0.25, -0.2) is 9.97 Å². The Hall–Kier alpha value is -2.21. The van der Waals surface area contributed by atoms with E-state index in [0.29, 0.717) is 5.92 Å². The van der Waals surface area contributed by atoms with Crippen molar-refractivity contribution in [2.75, 3.05) is 13.1 Å². The summed E-state index contributed by atoms with van der Waals surface area (Å²) in [5.41, 5.74) is 4.37. The predicted molar refractivity (Wildman–Crippen MR) is 84.5 cm³/mol. The molecule has 3 aromatic heterocycles. The van der Waals surface area contributed by atoms with Crippen LogP contribution < -0.4 is 0 Å². The molecule has 6 nitrogen and oxygen atoms in total. The van der Waals surface area contributed by atoms with Crippen LogP contribution in [0.1, 0.15) is 35.8 Å². The summed E-state index contributed by atoms with van der Waals surface area (Å²) < 4.78 is 0. The van der Waals surface area contributed by atoms with Crippen LogP contribution in [0.4, 0.5) is 0 Å². The van der Waals surface area contributed by atoms with E-state index >= 15 is 0 Å². The van der Waals surface area contributed by atoms with Crippen LogP contribution in [0, 0.1) is 6.92 Å². The number of rotatable bonds is 3. The molecule has 4 heterocycles. The highest BCUT2D eigenvalue weighted by Gasteiger charge is 2.23. The number of aromatic nitrogens is 5. The van der Waals surface area contributed by atoms with Crippen LogP contribution in [-0.2, 0) is 6.54 Å². The summed E-state index contributed by atoms with van der Waals surface area (Å²) >= 11 is 0. The number of aromatic amines is 2. The van der Waals surface area contributed by atoms with Crippen LogP contribution in [0.2, 0.25) is 0 Å². The first-order chi connectivity index (χ1) is 10.8. The van der Waals surface area contributed by atoms with Crippen molar-refractivity contribution in [1.29, 1.82) is 0 Å². The third-order valence-electron chi connectivity index (χ3n) is 4.55. The first-order valence-electron chi connectivity index (χ1n) is 7.81. The van der Waals surface area contributed by atoms with Crippen molar-refractivity contribution in [3.05, 3.63) is 41.7 Å². The molecule has 0 unspecified atom stereocenters. The lowest BCUT2D eigenvalue weighted by molar-refractivity contribution is 0.196. The van der Waals surface area contributed by atoms with Crippen molar-refractivity contribution in [2.45, 2.75) is 32.2 Å². The number of fused-ring (bicyclic) bond motifs is 1. The molecule has 1 aliphatic rings. The highest BCUT2D eigenvalue weighted by atomic mass is 15.2. The fourth-order valence-corrected chi connectivity index (χ4v) is 3.27. The van der Waals surface area contributed by atoms with Gasteiger partial charge in [0.05, 0.1) is 18.2 Å². The van der Waals surface area contributed by atoms with Crippen molar-refractivity contribution in [1.82, 2.24) is 30.0 Å². The summed E-state index contributed by atoms with van der Waals surface area (Å²) in [6.45, 7) is 5.17. The first kappa shape index (κ1) is 13.5. The van der Waals surface area contributed by atoms with Gasteiger partial charge in [-0.1, -0.05) is 0 Å². The molecule has 1 aliphatic heterocycles. The largest absolute Gasteiger partial charge is 0.348 e. The van der Waals surface area contributed by atoms with E-state index in [9.17, 15) is 0 Å². The minimum Gasteiger partial charge on any atom is -0.348 e. The van der Waals surface area contributed by atoms with Gasteiger partial charge < -0.3 is 4.98 Å². The van der Waals surface area contributed by atoms with Crippen LogP contribution in [0.15, 0.2) is 24.7 Å². The highest BCUT2D eigenvalue weighted by molar-refractivity contribution is 5.73. The van der Waals surface area contributed by atoms with E-state index in [1.807, 2.05) is 6.20 Å². The lowest BCUT2D eigenvalue weighted by Gasteiger charge is -2.32. The Morgan fingerprint density at radius 1 is 1.36 bits per heavy atom. The van der Waals surface area contributed by atoms with Crippen LogP contribution in [-0.4, -0.2) is 43.1 Å². The van der Waals surface area contributed by atoms with E-state index in [4.69, 9.17) is 4.98 Å². The lowest BCUT2D eigenvalue weighted by atomic mass is 9.94. The van der Waals surface area contributed by atoms with Crippen molar-refractivity contribution in [3.8, 4) is 0 Å². The molecule has 114 valence electrons. The second-order valence-electron chi connectivity index (χ2n) is 6.09. The van der Waals surface area contributed by atoms with Crippen molar-refractivity contribution in [3.63, 3.8) is 0 Å². The van der Waals surface area contributed by atoms with Gasteiger partial charge in [0, 0.05) is 35.8 Å². The number of likely N-dealkylation sites (tertiary alicyclic amines) is 1. The van der Waals surface area contributed by atoms with E-state index in [0.717, 1.165) is 36.4 Å². The number of aryl methyl sites for hydroxylation is 1. The van der Waals surface area contributed by atoms with Crippen LogP contribution in [0.3, 0.4) is 0 Å². The average molecular weight is 296 g/mol. The van der Waals surface area contributed by atoms with Gasteiger partial charge in [0.25, 0.3) is 0 Å². The molecule has 1 atom stereocenters. The van der Waals surface area contributed by atoms with E-state index in [2.05, 4.69) is 44.1 Å². The molecule has 0 saturated carbocycles. The highest BCUT2D eigenvalue weighted by Crippen LogP contribution is 2.27. The third-order valence-corrected chi connectivity index (χ3v) is 4.55. The number of H-pyrrole nitrogens is 2. The summed E-state index contributed by atoms with van der Waals surface area (Å²) in [5, 5.41) is 8.09. The molecule has 0 radical (unpaired) electrons. The van der Waals surface area contributed by atoms with E-state index < -0.39 is 0 Å². The minimum absolute atomic E-state index is 0.487. The quantitative estimate of drug-likeness (QED) is 0.778. The summed E-state index contributed by atoms with van der Waals surface area (Å²) in [6, 6.07) is 4.25. The topological polar surface area (TPSA) is 73.5 Å². The van der Waals surface area contributed by atoms with Gasteiger partial charge in [-0.15, -0.1) is 0 Å². The molecule has 0 aromatic carbocycles. The molecule has 0 amide bonds. The number of nitrogens with zero attached hydrogens (tertiary/aromatic N) is 4. The maximum atomic E-state index is 4.74. The Kier molecular flexibility index (Phi) is 3.38. The minimum atomic E-state index is 0.487. The average Bonchev–Trinajstić information content (AvgIpc) is 3.16. The van der Waals surface area contributed by atoms with E-state index in [1.54, 1.807) is 6.33 Å². The van der Waals surface area contributed by atoms with Crippen LogP contribution in [0.5, 0.6) is 0 Å². The van der Waals surface area contributed by atoms with E-state index in [1.165, 1.54) is 24.2 Å². The number of hydrogen-bond donors (Lipinski definition) is 2. The zero-order chi connectivity index (χ0) is 14.9. The number of pyridine rings is 1. The molecular formula is C16H20N6. The van der Waals surface area contributed by atoms with E-state index in [-0.39, 0.29) is 0 Å². The predicted octanol–water partition coefficient (Wildman–Crippen LogP) is 2.37. The van der Waals surface area contributed by atoms with Crippen LogP contribution >= 0.6 is 0 Å². The Labute approximate surface area is 129 Å². The number of imidazole rings is 1.